The molecule has 2 rings (SSSR count). The van der Waals surface area contributed by atoms with E-state index < -0.39 is 0 Å². The van der Waals surface area contributed by atoms with E-state index in [0.29, 0.717) is 12.0 Å². The molecule has 1 saturated carbocycles. The fourth-order valence-electron chi connectivity index (χ4n) is 1.57. The molecule has 13 heavy (non-hydrogen) atoms. The SMILES string of the molecule is COc1ccc(CC2CC2N)cc1. The molecule has 0 aromatic heterocycles. The Morgan fingerprint density at radius 1 is 1.38 bits per heavy atom. The molecule has 0 radical (unpaired) electrons. The molecule has 0 spiro atoms. The third-order valence-corrected chi connectivity index (χ3v) is 2.63. The highest BCUT2D eigenvalue weighted by atomic mass is 16.5. The summed E-state index contributed by atoms with van der Waals surface area (Å²) in [5.41, 5.74) is 7.11. The number of rotatable bonds is 3. The molecule has 2 heteroatoms. The minimum atomic E-state index is 0.446. The third kappa shape index (κ3) is 2.01. The molecule has 2 unspecified atom stereocenters. The maximum atomic E-state index is 5.75. The Kier molecular flexibility index (Phi) is 2.23. The number of methoxy groups -OCH3 is 1. The van der Waals surface area contributed by atoms with E-state index in [1.54, 1.807) is 7.11 Å². The van der Waals surface area contributed by atoms with Gasteiger partial charge in [0.1, 0.15) is 5.75 Å². The van der Waals surface area contributed by atoms with E-state index in [0.717, 1.165) is 12.2 Å². The van der Waals surface area contributed by atoms with E-state index in [1.165, 1.54) is 12.0 Å². The van der Waals surface area contributed by atoms with Gasteiger partial charge >= 0.3 is 0 Å². The van der Waals surface area contributed by atoms with Gasteiger partial charge in [-0.3, -0.25) is 0 Å². The summed E-state index contributed by atoms with van der Waals surface area (Å²) >= 11 is 0. The highest BCUT2D eigenvalue weighted by molar-refractivity contribution is 5.28. The van der Waals surface area contributed by atoms with Crippen molar-refractivity contribution in [1.29, 1.82) is 0 Å². The Morgan fingerprint density at radius 3 is 2.46 bits per heavy atom. The van der Waals surface area contributed by atoms with Crippen LogP contribution in [0.5, 0.6) is 5.75 Å². The van der Waals surface area contributed by atoms with Crippen molar-refractivity contribution in [2.45, 2.75) is 18.9 Å². The van der Waals surface area contributed by atoms with Crippen molar-refractivity contribution >= 4 is 0 Å². The van der Waals surface area contributed by atoms with Crippen molar-refractivity contribution in [3.05, 3.63) is 29.8 Å². The summed E-state index contributed by atoms with van der Waals surface area (Å²) in [6.07, 6.45) is 2.30. The Hall–Kier alpha value is -1.02. The smallest absolute Gasteiger partial charge is 0.118 e. The molecule has 1 aliphatic carbocycles. The maximum absolute atomic E-state index is 5.75. The topological polar surface area (TPSA) is 35.2 Å². The van der Waals surface area contributed by atoms with Crippen molar-refractivity contribution in [1.82, 2.24) is 0 Å². The molecule has 2 N–H and O–H groups in total. The molecule has 0 bridgehead atoms. The van der Waals surface area contributed by atoms with Gasteiger partial charge in [-0.2, -0.15) is 0 Å². The maximum Gasteiger partial charge on any atom is 0.118 e. The largest absolute Gasteiger partial charge is 0.497 e. The van der Waals surface area contributed by atoms with Gasteiger partial charge < -0.3 is 10.5 Å². The second kappa shape index (κ2) is 3.38. The normalized spacial score (nSPS) is 25.7. The minimum absolute atomic E-state index is 0.446. The zero-order valence-electron chi connectivity index (χ0n) is 7.86. The Labute approximate surface area is 78.7 Å². The van der Waals surface area contributed by atoms with Gasteiger partial charge in [-0.25, -0.2) is 0 Å². The molecule has 2 nitrogen and oxygen atoms in total. The summed E-state index contributed by atoms with van der Waals surface area (Å²) in [6, 6.07) is 8.68. The summed E-state index contributed by atoms with van der Waals surface area (Å²) in [5, 5.41) is 0. The first-order valence-corrected chi connectivity index (χ1v) is 4.68. The lowest BCUT2D eigenvalue weighted by Gasteiger charge is -2.02. The molecule has 0 saturated heterocycles. The van der Waals surface area contributed by atoms with Gasteiger partial charge in [-0.05, 0) is 36.5 Å². The average Bonchev–Trinajstić information content (AvgIpc) is 2.83. The first-order valence-electron chi connectivity index (χ1n) is 4.68. The number of ether oxygens (including phenoxy) is 1. The van der Waals surface area contributed by atoms with Crippen molar-refractivity contribution in [2.24, 2.45) is 11.7 Å². The van der Waals surface area contributed by atoms with Gasteiger partial charge in [0.25, 0.3) is 0 Å². The fraction of sp³-hybridized carbons (Fsp3) is 0.455. The predicted octanol–water partition coefficient (Wildman–Crippen LogP) is 1.58. The molecular formula is C11H15NO. The average molecular weight is 177 g/mol. The zero-order chi connectivity index (χ0) is 9.26. The molecule has 70 valence electrons. The summed E-state index contributed by atoms with van der Waals surface area (Å²) in [7, 11) is 1.69. The Morgan fingerprint density at radius 2 is 2.00 bits per heavy atom. The van der Waals surface area contributed by atoms with Gasteiger partial charge in [0.15, 0.2) is 0 Å². The van der Waals surface area contributed by atoms with Crippen LogP contribution in [-0.4, -0.2) is 13.2 Å². The number of hydrogen-bond acceptors (Lipinski definition) is 2. The van der Waals surface area contributed by atoms with Crippen LogP contribution in [0.4, 0.5) is 0 Å². The molecule has 1 fully saturated rings. The highest BCUT2D eigenvalue weighted by Crippen LogP contribution is 2.31. The van der Waals surface area contributed by atoms with Crippen LogP contribution >= 0.6 is 0 Å². The van der Waals surface area contributed by atoms with Crippen LogP contribution in [0.25, 0.3) is 0 Å². The lowest BCUT2D eigenvalue weighted by atomic mass is 10.1. The number of benzene rings is 1. The van der Waals surface area contributed by atoms with E-state index in [-0.39, 0.29) is 0 Å². The van der Waals surface area contributed by atoms with Crippen molar-refractivity contribution in [3.8, 4) is 5.75 Å². The summed E-state index contributed by atoms with van der Waals surface area (Å²) in [6.45, 7) is 0. The van der Waals surface area contributed by atoms with E-state index in [4.69, 9.17) is 10.5 Å². The quantitative estimate of drug-likeness (QED) is 0.760. The van der Waals surface area contributed by atoms with Crippen LogP contribution in [0, 0.1) is 5.92 Å². The molecule has 2 atom stereocenters. The molecule has 0 aliphatic heterocycles. The van der Waals surface area contributed by atoms with Crippen LogP contribution < -0.4 is 10.5 Å². The fourth-order valence-corrected chi connectivity index (χ4v) is 1.57. The number of hydrogen-bond donors (Lipinski definition) is 1. The van der Waals surface area contributed by atoms with Crippen molar-refractivity contribution < 1.29 is 4.74 Å². The second-order valence-electron chi connectivity index (χ2n) is 3.71. The molecule has 0 heterocycles. The van der Waals surface area contributed by atoms with E-state index >= 15 is 0 Å². The van der Waals surface area contributed by atoms with E-state index in [1.807, 2.05) is 12.1 Å². The zero-order valence-corrected chi connectivity index (χ0v) is 7.86. The lowest BCUT2D eigenvalue weighted by Crippen LogP contribution is -2.03. The first-order chi connectivity index (χ1) is 6.29. The molecular weight excluding hydrogens is 162 g/mol. The predicted molar refractivity (Wildman–Crippen MR) is 52.8 cm³/mol. The third-order valence-electron chi connectivity index (χ3n) is 2.63. The second-order valence-corrected chi connectivity index (χ2v) is 3.71. The Balaban J connectivity index is 1.97. The van der Waals surface area contributed by atoms with Crippen LogP contribution in [0.2, 0.25) is 0 Å². The summed E-state index contributed by atoms with van der Waals surface area (Å²) in [4.78, 5) is 0. The van der Waals surface area contributed by atoms with Crippen LogP contribution in [0.15, 0.2) is 24.3 Å². The van der Waals surface area contributed by atoms with Gasteiger partial charge in [-0.1, -0.05) is 12.1 Å². The number of nitrogens with two attached hydrogens (primary N) is 1. The van der Waals surface area contributed by atoms with Crippen LogP contribution in [0.3, 0.4) is 0 Å². The van der Waals surface area contributed by atoms with Gasteiger partial charge in [0, 0.05) is 6.04 Å². The van der Waals surface area contributed by atoms with Crippen molar-refractivity contribution in [2.75, 3.05) is 7.11 Å². The summed E-state index contributed by atoms with van der Waals surface area (Å²) in [5.74, 6) is 1.64. The van der Waals surface area contributed by atoms with E-state index in [9.17, 15) is 0 Å². The standard InChI is InChI=1S/C11H15NO/c1-13-10-4-2-8(3-5-10)6-9-7-11(9)12/h2-5,9,11H,6-7,12H2,1H3. The van der Waals surface area contributed by atoms with Gasteiger partial charge in [0.2, 0.25) is 0 Å². The van der Waals surface area contributed by atoms with Crippen LogP contribution in [-0.2, 0) is 6.42 Å². The van der Waals surface area contributed by atoms with Gasteiger partial charge in [-0.15, -0.1) is 0 Å². The van der Waals surface area contributed by atoms with Gasteiger partial charge in [0.05, 0.1) is 7.11 Å². The minimum Gasteiger partial charge on any atom is -0.497 e. The molecule has 1 aromatic carbocycles. The molecule has 1 aromatic rings. The first kappa shape index (κ1) is 8.57. The summed E-state index contributed by atoms with van der Waals surface area (Å²) < 4.78 is 5.09. The van der Waals surface area contributed by atoms with Crippen molar-refractivity contribution in [3.63, 3.8) is 0 Å². The monoisotopic (exact) mass is 177 g/mol. The van der Waals surface area contributed by atoms with E-state index in [2.05, 4.69) is 12.1 Å². The van der Waals surface area contributed by atoms with Crippen LogP contribution in [0.1, 0.15) is 12.0 Å². The highest BCUT2D eigenvalue weighted by Gasteiger charge is 2.32. The molecule has 1 aliphatic rings. The molecule has 0 amide bonds. The Bertz CT molecular complexity index is 281. The lowest BCUT2D eigenvalue weighted by molar-refractivity contribution is 0.414.